The predicted octanol–water partition coefficient (Wildman–Crippen LogP) is 4.72. The van der Waals surface area contributed by atoms with E-state index < -0.39 is 0 Å². The highest BCUT2D eigenvalue weighted by molar-refractivity contribution is 9.10. The largest absolute Gasteiger partial charge is 0.366 e. The molecule has 0 aromatic heterocycles. The van der Waals surface area contributed by atoms with Crippen LogP contribution < -0.4 is 4.90 Å². The zero-order valence-corrected chi connectivity index (χ0v) is 12.9. The normalized spacial score (nSPS) is 19.1. The van der Waals surface area contributed by atoms with Gasteiger partial charge in [0.2, 0.25) is 0 Å². The molecule has 1 saturated heterocycles. The van der Waals surface area contributed by atoms with Crippen LogP contribution in [0.2, 0.25) is 0 Å². The van der Waals surface area contributed by atoms with Crippen molar-refractivity contribution < 1.29 is 0 Å². The Labute approximate surface area is 114 Å². The number of nitrogens with zero attached hydrogens (tertiary/aromatic N) is 1. The molecule has 1 fully saturated rings. The van der Waals surface area contributed by atoms with Gasteiger partial charge in [0, 0.05) is 27.6 Å². The molecule has 2 rings (SSSR count). The molecular formula is C13H17Br2N. The van der Waals surface area contributed by atoms with Crippen molar-refractivity contribution in [2.75, 3.05) is 11.4 Å². The second kappa shape index (κ2) is 4.69. The number of benzene rings is 1. The van der Waals surface area contributed by atoms with Crippen molar-refractivity contribution in [1.29, 1.82) is 0 Å². The molecule has 1 heterocycles. The quantitative estimate of drug-likeness (QED) is 0.700. The lowest BCUT2D eigenvalue weighted by Gasteiger charge is -2.34. The first-order valence-corrected chi connectivity index (χ1v) is 7.58. The van der Waals surface area contributed by atoms with Gasteiger partial charge < -0.3 is 4.90 Å². The van der Waals surface area contributed by atoms with E-state index in [-0.39, 0.29) is 0 Å². The molecule has 1 aliphatic rings. The van der Waals surface area contributed by atoms with E-state index in [1.54, 1.807) is 0 Å². The van der Waals surface area contributed by atoms with Crippen LogP contribution in [0.5, 0.6) is 0 Å². The SMILES string of the molecule is CC1(C)CCCN1c1ccc(CBr)c(Br)c1. The Morgan fingerprint density at radius 2 is 2.12 bits per heavy atom. The molecule has 0 amide bonds. The van der Waals surface area contributed by atoms with Gasteiger partial charge in [0.05, 0.1) is 0 Å². The first-order chi connectivity index (χ1) is 7.54. The van der Waals surface area contributed by atoms with Crippen molar-refractivity contribution in [2.24, 2.45) is 0 Å². The molecule has 16 heavy (non-hydrogen) atoms. The summed E-state index contributed by atoms with van der Waals surface area (Å²) >= 11 is 7.13. The van der Waals surface area contributed by atoms with Crippen LogP contribution in [-0.4, -0.2) is 12.1 Å². The zero-order chi connectivity index (χ0) is 11.8. The lowest BCUT2D eigenvalue weighted by atomic mass is 10.0. The molecule has 0 bridgehead atoms. The maximum Gasteiger partial charge on any atom is 0.0382 e. The van der Waals surface area contributed by atoms with Crippen molar-refractivity contribution >= 4 is 37.5 Å². The molecule has 0 saturated carbocycles. The summed E-state index contributed by atoms with van der Waals surface area (Å²) in [5.41, 5.74) is 2.94. The number of alkyl halides is 1. The van der Waals surface area contributed by atoms with Crippen LogP contribution >= 0.6 is 31.9 Å². The summed E-state index contributed by atoms with van der Waals surface area (Å²) in [6.07, 6.45) is 2.58. The van der Waals surface area contributed by atoms with E-state index in [0.717, 1.165) is 5.33 Å². The molecule has 0 spiro atoms. The number of halogens is 2. The Bertz CT molecular complexity index is 388. The molecule has 0 atom stereocenters. The molecule has 3 heteroatoms. The minimum Gasteiger partial charge on any atom is -0.366 e. The number of rotatable bonds is 2. The van der Waals surface area contributed by atoms with Crippen LogP contribution in [0.25, 0.3) is 0 Å². The minimum absolute atomic E-state index is 0.301. The van der Waals surface area contributed by atoms with Gasteiger partial charge >= 0.3 is 0 Å². The van der Waals surface area contributed by atoms with Gasteiger partial charge in [0.15, 0.2) is 0 Å². The fourth-order valence-corrected chi connectivity index (χ4v) is 3.77. The van der Waals surface area contributed by atoms with E-state index in [1.165, 1.54) is 35.1 Å². The van der Waals surface area contributed by atoms with Gasteiger partial charge in [0.1, 0.15) is 0 Å². The fraction of sp³-hybridized carbons (Fsp3) is 0.538. The summed E-state index contributed by atoms with van der Waals surface area (Å²) in [6.45, 7) is 5.83. The van der Waals surface area contributed by atoms with Gasteiger partial charge in [-0.15, -0.1) is 0 Å². The van der Waals surface area contributed by atoms with Crippen LogP contribution in [0.1, 0.15) is 32.3 Å². The van der Waals surface area contributed by atoms with Crippen LogP contribution in [0.15, 0.2) is 22.7 Å². The first-order valence-electron chi connectivity index (χ1n) is 5.66. The van der Waals surface area contributed by atoms with Gasteiger partial charge in [-0.3, -0.25) is 0 Å². The van der Waals surface area contributed by atoms with Gasteiger partial charge in [0.25, 0.3) is 0 Å². The zero-order valence-electron chi connectivity index (χ0n) is 9.76. The van der Waals surface area contributed by atoms with Crippen molar-refractivity contribution in [1.82, 2.24) is 0 Å². The van der Waals surface area contributed by atoms with E-state index in [2.05, 4.69) is 68.8 Å². The van der Waals surface area contributed by atoms with Gasteiger partial charge in [-0.05, 0) is 44.4 Å². The van der Waals surface area contributed by atoms with Crippen LogP contribution in [0, 0.1) is 0 Å². The fourth-order valence-electron chi connectivity index (χ4n) is 2.40. The standard InChI is InChI=1S/C13H17Br2N/c1-13(2)6-3-7-16(13)11-5-4-10(9-14)12(15)8-11/h4-5,8H,3,6-7,9H2,1-2H3. The monoisotopic (exact) mass is 345 g/mol. The van der Waals surface area contributed by atoms with Gasteiger partial charge in [-0.25, -0.2) is 0 Å². The molecule has 0 unspecified atom stereocenters. The summed E-state index contributed by atoms with van der Waals surface area (Å²) in [5, 5.41) is 0.900. The topological polar surface area (TPSA) is 3.24 Å². The Hall–Kier alpha value is -0.0200. The molecule has 0 N–H and O–H groups in total. The molecule has 1 aliphatic heterocycles. The molecule has 1 aromatic carbocycles. The average Bonchev–Trinajstić information content (AvgIpc) is 2.58. The van der Waals surface area contributed by atoms with Crippen molar-refractivity contribution in [3.05, 3.63) is 28.2 Å². The highest BCUT2D eigenvalue weighted by Gasteiger charge is 2.31. The lowest BCUT2D eigenvalue weighted by molar-refractivity contribution is 0.518. The summed E-state index contributed by atoms with van der Waals surface area (Å²) in [4.78, 5) is 2.51. The molecule has 1 aromatic rings. The van der Waals surface area contributed by atoms with Crippen LogP contribution in [-0.2, 0) is 5.33 Å². The highest BCUT2D eigenvalue weighted by Crippen LogP contribution is 2.35. The highest BCUT2D eigenvalue weighted by atomic mass is 79.9. The average molecular weight is 347 g/mol. The summed E-state index contributed by atoms with van der Waals surface area (Å²) in [6, 6.07) is 6.67. The number of hydrogen-bond donors (Lipinski definition) is 0. The van der Waals surface area contributed by atoms with E-state index in [1.807, 2.05) is 0 Å². The lowest BCUT2D eigenvalue weighted by Crippen LogP contribution is -2.38. The first kappa shape index (κ1) is 12.4. The van der Waals surface area contributed by atoms with E-state index in [0.29, 0.717) is 5.54 Å². The van der Waals surface area contributed by atoms with Gasteiger partial charge in [-0.2, -0.15) is 0 Å². The van der Waals surface area contributed by atoms with Crippen molar-refractivity contribution in [3.8, 4) is 0 Å². The maximum absolute atomic E-state index is 3.64. The second-order valence-corrected chi connectivity index (χ2v) is 6.39. The Balaban J connectivity index is 2.31. The van der Waals surface area contributed by atoms with Crippen LogP contribution in [0.3, 0.4) is 0 Å². The molecule has 1 nitrogen and oxygen atoms in total. The summed E-state index contributed by atoms with van der Waals surface area (Å²) < 4.78 is 1.20. The summed E-state index contributed by atoms with van der Waals surface area (Å²) in [7, 11) is 0. The molecular weight excluding hydrogens is 330 g/mol. The van der Waals surface area contributed by atoms with Gasteiger partial charge in [-0.1, -0.05) is 37.9 Å². The smallest absolute Gasteiger partial charge is 0.0382 e. The summed E-state index contributed by atoms with van der Waals surface area (Å²) in [5.74, 6) is 0. The van der Waals surface area contributed by atoms with Crippen molar-refractivity contribution in [2.45, 2.75) is 37.6 Å². The second-order valence-electron chi connectivity index (χ2n) is 4.98. The van der Waals surface area contributed by atoms with E-state index >= 15 is 0 Å². The van der Waals surface area contributed by atoms with E-state index in [4.69, 9.17) is 0 Å². The molecule has 0 aliphatic carbocycles. The maximum atomic E-state index is 3.64. The third-order valence-electron chi connectivity index (χ3n) is 3.39. The van der Waals surface area contributed by atoms with Crippen molar-refractivity contribution in [3.63, 3.8) is 0 Å². The molecule has 0 radical (unpaired) electrons. The number of hydrogen-bond acceptors (Lipinski definition) is 1. The molecule has 88 valence electrons. The third-order valence-corrected chi connectivity index (χ3v) is 4.74. The number of anilines is 1. The Kier molecular flexibility index (Phi) is 3.65. The van der Waals surface area contributed by atoms with E-state index in [9.17, 15) is 0 Å². The third kappa shape index (κ3) is 2.30. The minimum atomic E-state index is 0.301. The predicted molar refractivity (Wildman–Crippen MR) is 77.4 cm³/mol. The Morgan fingerprint density at radius 3 is 2.62 bits per heavy atom. The Morgan fingerprint density at radius 1 is 1.38 bits per heavy atom. The van der Waals surface area contributed by atoms with Crippen LogP contribution in [0.4, 0.5) is 5.69 Å².